The van der Waals surface area contributed by atoms with Gasteiger partial charge in [0.05, 0.1) is 5.52 Å². The number of hydrogen-bond acceptors (Lipinski definition) is 5. The molecule has 19 heavy (non-hydrogen) atoms. The molecule has 0 bridgehead atoms. The van der Waals surface area contributed by atoms with Crippen molar-refractivity contribution in [1.29, 1.82) is 0 Å². The number of aromatic amines is 1. The molecule has 3 heterocycles. The monoisotopic (exact) mass is 278 g/mol. The Morgan fingerprint density at radius 3 is 2.63 bits per heavy atom. The summed E-state index contributed by atoms with van der Waals surface area (Å²) in [6.45, 7) is 6.10. The maximum absolute atomic E-state index is 12.0. The summed E-state index contributed by atoms with van der Waals surface area (Å²) in [6, 6.07) is 0. The third-order valence-electron chi connectivity index (χ3n) is 2.56. The molecule has 100 valence electrons. The lowest BCUT2D eigenvalue weighted by Crippen LogP contribution is -2.33. The maximum Gasteiger partial charge on any atom is 0.328 e. The van der Waals surface area contributed by atoms with E-state index in [1.807, 2.05) is 13.8 Å². The number of H-pyrrole nitrogens is 1. The summed E-state index contributed by atoms with van der Waals surface area (Å²) in [7, 11) is 0. The Kier molecular flexibility index (Phi) is 3.75. The minimum atomic E-state index is -0.407. The standard InChI is InChI=1S/C10H8N4O2S.C2H6/c1-2-14-9(15)7-5(13-10(14)16)6-8(17-7)12-4-3-11-6;1-2/h3-4H,2H2,1H3,(H,13,16);1-2H3. The summed E-state index contributed by atoms with van der Waals surface area (Å²) in [5.74, 6) is 0. The molecule has 0 aliphatic rings. The Labute approximate surface area is 112 Å². The van der Waals surface area contributed by atoms with Crippen molar-refractivity contribution in [3.8, 4) is 0 Å². The summed E-state index contributed by atoms with van der Waals surface area (Å²) in [5.41, 5.74) is 0.370. The molecule has 0 aliphatic heterocycles. The van der Waals surface area contributed by atoms with Gasteiger partial charge in [-0.3, -0.25) is 9.36 Å². The molecule has 0 aromatic carbocycles. The van der Waals surface area contributed by atoms with Crippen LogP contribution in [0.2, 0.25) is 0 Å². The first-order valence-corrected chi connectivity index (χ1v) is 6.90. The average molecular weight is 278 g/mol. The fourth-order valence-electron chi connectivity index (χ4n) is 1.77. The van der Waals surface area contributed by atoms with Gasteiger partial charge in [0.15, 0.2) is 0 Å². The molecule has 0 aliphatic carbocycles. The van der Waals surface area contributed by atoms with Crippen LogP contribution in [0.3, 0.4) is 0 Å². The predicted octanol–water partition coefficient (Wildman–Crippen LogP) is 1.74. The van der Waals surface area contributed by atoms with E-state index in [1.54, 1.807) is 13.1 Å². The number of aromatic nitrogens is 4. The van der Waals surface area contributed by atoms with E-state index in [9.17, 15) is 9.59 Å². The maximum atomic E-state index is 12.0. The molecule has 0 saturated carbocycles. The van der Waals surface area contributed by atoms with Gasteiger partial charge in [-0.15, -0.1) is 11.3 Å². The molecule has 7 heteroatoms. The van der Waals surface area contributed by atoms with E-state index in [0.717, 1.165) is 4.57 Å². The highest BCUT2D eigenvalue weighted by Crippen LogP contribution is 2.25. The zero-order valence-corrected chi connectivity index (χ0v) is 11.7. The third-order valence-corrected chi connectivity index (χ3v) is 3.63. The van der Waals surface area contributed by atoms with Gasteiger partial charge < -0.3 is 4.98 Å². The lowest BCUT2D eigenvalue weighted by atomic mass is 10.4. The number of rotatable bonds is 1. The van der Waals surface area contributed by atoms with Crippen molar-refractivity contribution in [3.05, 3.63) is 33.2 Å². The first-order valence-electron chi connectivity index (χ1n) is 6.08. The lowest BCUT2D eigenvalue weighted by molar-refractivity contribution is 0.685. The van der Waals surface area contributed by atoms with Crippen molar-refractivity contribution < 1.29 is 0 Å². The molecular weight excluding hydrogens is 264 g/mol. The van der Waals surface area contributed by atoms with Crippen LogP contribution in [0.1, 0.15) is 20.8 Å². The topological polar surface area (TPSA) is 80.6 Å². The molecule has 0 radical (unpaired) electrons. The molecule has 0 saturated heterocycles. The van der Waals surface area contributed by atoms with Gasteiger partial charge in [0.25, 0.3) is 5.56 Å². The van der Waals surface area contributed by atoms with Crippen LogP contribution in [0.15, 0.2) is 22.0 Å². The van der Waals surface area contributed by atoms with Crippen LogP contribution in [-0.4, -0.2) is 19.5 Å². The van der Waals surface area contributed by atoms with Crippen LogP contribution in [0.5, 0.6) is 0 Å². The lowest BCUT2D eigenvalue weighted by Gasteiger charge is -1.98. The Balaban J connectivity index is 0.000000637. The summed E-state index contributed by atoms with van der Waals surface area (Å²) >= 11 is 1.25. The summed E-state index contributed by atoms with van der Waals surface area (Å²) in [4.78, 5) is 35.4. The van der Waals surface area contributed by atoms with Crippen molar-refractivity contribution in [3.63, 3.8) is 0 Å². The first kappa shape index (κ1) is 13.4. The van der Waals surface area contributed by atoms with Gasteiger partial charge in [0, 0.05) is 18.9 Å². The van der Waals surface area contributed by atoms with Crippen LogP contribution in [0, 0.1) is 0 Å². The number of nitrogens with zero attached hydrogens (tertiary/aromatic N) is 3. The van der Waals surface area contributed by atoms with Gasteiger partial charge in [-0.2, -0.15) is 0 Å². The van der Waals surface area contributed by atoms with E-state index in [0.29, 0.717) is 27.1 Å². The average Bonchev–Trinajstić information content (AvgIpc) is 2.81. The molecule has 1 N–H and O–H groups in total. The summed E-state index contributed by atoms with van der Waals surface area (Å²) in [6.07, 6.45) is 3.10. The van der Waals surface area contributed by atoms with Crippen LogP contribution in [0.25, 0.3) is 20.6 Å². The second-order valence-corrected chi connectivity index (χ2v) is 4.49. The summed E-state index contributed by atoms with van der Waals surface area (Å²) < 4.78 is 1.66. The van der Waals surface area contributed by atoms with Crippen molar-refractivity contribution >= 4 is 31.9 Å². The smallest absolute Gasteiger partial charge is 0.304 e. The quantitative estimate of drug-likeness (QED) is 0.735. The molecule has 6 nitrogen and oxygen atoms in total. The minimum absolute atomic E-state index is 0.281. The van der Waals surface area contributed by atoms with Crippen LogP contribution < -0.4 is 11.2 Å². The van der Waals surface area contributed by atoms with E-state index in [2.05, 4.69) is 15.0 Å². The van der Waals surface area contributed by atoms with Crippen molar-refractivity contribution in [2.24, 2.45) is 0 Å². The predicted molar refractivity (Wildman–Crippen MR) is 76.8 cm³/mol. The molecule has 0 unspecified atom stereocenters. The molecule has 0 spiro atoms. The van der Waals surface area contributed by atoms with Gasteiger partial charge in [-0.25, -0.2) is 14.8 Å². The van der Waals surface area contributed by atoms with Gasteiger partial charge in [-0.1, -0.05) is 13.8 Å². The molecule has 3 rings (SSSR count). The van der Waals surface area contributed by atoms with Crippen molar-refractivity contribution in [1.82, 2.24) is 19.5 Å². The minimum Gasteiger partial charge on any atom is -0.304 e. The molecule has 3 aromatic heterocycles. The van der Waals surface area contributed by atoms with Crippen molar-refractivity contribution in [2.75, 3.05) is 0 Å². The van der Waals surface area contributed by atoms with E-state index in [-0.39, 0.29) is 5.56 Å². The van der Waals surface area contributed by atoms with Gasteiger partial charge in [0.1, 0.15) is 15.0 Å². The third kappa shape index (κ3) is 2.06. The highest BCUT2D eigenvalue weighted by Gasteiger charge is 2.13. The van der Waals surface area contributed by atoms with E-state index in [4.69, 9.17) is 0 Å². The van der Waals surface area contributed by atoms with Gasteiger partial charge in [-0.05, 0) is 6.92 Å². The van der Waals surface area contributed by atoms with Gasteiger partial charge in [0.2, 0.25) is 0 Å². The number of hydrogen-bond donors (Lipinski definition) is 1. The van der Waals surface area contributed by atoms with Crippen LogP contribution >= 0.6 is 11.3 Å². The SMILES string of the molecule is CC.CCn1c(=O)[nH]c2c(sc3nccnc32)c1=O. The fraction of sp³-hybridized carbons (Fsp3) is 0.333. The Bertz CT molecular complexity index is 831. The highest BCUT2D eigenvalue weighted by molar-refractivity contribution is 7.25. The fourth-order valence-corrected chi connectivity index (χ4v) is 2.78. The largest absolute Gasteiger partial charge is 0.328 e. The zero-order valence-electron chi connectivity index (χ0n) is 10.9. The highest BCUT2D eigenvalue weighted by atomic mass is 32.1. The van der Waals surface area contributed by atoms with Gasteiger partial charge >= 0.3 is 5.69 Å². The van der Waals surface area contributed by atoms with Crippen LogP contribution in [-0.2, 0) is 6.54 Å². The molecular formula is C12H14N4O2S. The molecule has 0 amide bonds. The normalized spacial score (nSPS) is 10.5. The molecule has 3 aromatic rings. The van der Waals surface area contributed by atoms with E-state index >= 15 is 0 Å². The van der Waals surface area contributed by atoms with Crippen molar-refractivity contribution in [2.45, 2.75) is 27.3 Å². The second-order valence-electron chi connectivity index (χ2n) is 3.50. The number of thiophene rings is 1. The van der Waals surface area contributed by atoms with E-state index < -0.39 is 5.69 Å². The molecule has 0 atom stereocenters. The Hall–Kier alpha value is -2.02. The Morgan fingerprint density at radius 2 is 1.95 bits per heavy atom. The zero-order chi connectivity index (χ0) is 14.0. The number of fused-ring (bicyclic) bond motifs is 3. The van der Waals surface area contributed by atoms with E-state index in [1.165, 1.54) is 17.5 Å². The second kappa shape index (κ2) is 5.31. The summed E-state index contributed by atoms with van der Waals surface area (Å²) in [5, 5.41) is 0. The Morgan fingerprint density at radius 1 is 1.26 bits per heavy atom. The molecule has 0 fully saturated rings. The number of nitrogens with one attached hydrogen (secondary N) is 1. The first-order chi connectivity index (χ1) is 9.22. The van der Waals surface area contributed by atoms with Crippen LogP contribution in [0.4, 0.5) is 0 Å².